The Labute approximate surface area is 126 Å². The number of allylic oxidation sites excluding steroid dienone is 1. The molecule has 3 heteroatoms. The summed E-state index contributed by atoms with van der Waals surface area (Å²) in [5.41, 5.74) is 2.17. The Hall–Kier alpha value is -1.61. The second kappa shape index (κ2) is 6.44. The third-order valence-corrected chi connectivity index (χ3v) is 3.62. The lowest BCUT2D eigenvalue weighted by molar-refractivity contribution is -0.114. The van der Waals surface area contributed by atoms with E-state index in [4.69, 9.17) is 4.74 Å². The number of fused-ring (bicyclic) bond motifs is 1. The average Bonchev–Trinajstić information content (AvgIpc) is 2.41. The van der Waals surface area contributed by atoms with Crippen molar-refractivity contribution in [3.8, 4) is 5.75 Å². The molecule has 21 heavy (non-hydrogen) atoms. The van der Waals surface area contributed by atoms with E-state index in [1.165, 1.54) is 0 Å². The lowest BCUT2D eigenvalue weighted by Gasteiger charge is -2.21. The number of carbonyl (C=O) groups excluding carboxylic acids is 1. The van der Waals surface area contributed by atoms with Crippen LogP contribution in [0.3, 0.4) is 0 Å². The summed E-state index contributed by atoms with van der Waals surface area (Å²) in [6, 6.07) is 5.72. The van der Waals surface area contributed by atoms with Gasteiger partial charge in [0.25, 0.3) is 0 Å². The van der Waals surface area contributed by atoms with Crippen LogP contribution in [-0.4, -0.2) is 23.6 Å². The van der Waals surface area contributed by atoms with Crippen molar-refractivity contribution in [1.82, 2.24) is 0 Å². The summed E-state index contributed by atoms with van der Waals surface area (Å²) in [4.78, 5) is 11.4. The van der Waals surface area contributed by atoms with Crippen LogP contribution in [0.5, 0.6) is 5.75 Å². The van der Waals surface area contributed by atoms with Gasteiger partial charge in [0.05, 0.1) is 6.10 Å². The molecule has 1 aliphatic rings. The molecule has 0 aliphatic heterocycles. The Morgan fingerprint density at radius 1 is 1.29 bits per heavy atom. The molecule has 0 saturated heterocycles. The van der Waals surface area contributed by atoms with E-state index in [1.54, 1.807) is 12.2 Å². The second-order valence-corrected chi connectivity index (χ2v) is 6.87. The van der Waals surface area contributed by atoms with Crippen molar-refractivity contribution in [2.24, 2.45) is 5.41 Å². The molecule has 0 spiro atoms. The molecule has 1 unspecified atom stereocenters. The van der Waals surface area contributed by atoms with E-state index in [0.717, 1.165) is 29.7 Å². The zero-order valence-corrected chi connectivity index (χ0v) is 13.1. The van der Waals surface area contributed by atoms with Crippen molar-refractivity contribution in [3.63, 3.8) is 0 Å². The van der Waals surface area contributed by atoms with Gasteiger partial charge in [-0.25, -0.2) is 0 Å². The number of aliphatic hydroxyl groups excluding tert-OH is 1. The van der Waals surface area contributed by atoms with Gasteiger partial charge in [-0.3, -0.25) is 4.79 Å². The molecule has 0 bridgehead atoms. The van der Waals surface area contributed by atoms with Gasteiger partial charge in [0.1, 0.15) is 12.4 Å². The van der Waals surface area contributed by atoms with Crippen molar-refractivity contribution in [3.05, 3.63) is 35.4 Å². The molecule has 0 heterocycles. The highest BCUT2D eigenvalue weighted by atomic mass is 16.5. The van der Waals surface area contributed by atoms with Crippen LogP contribution in [0, 0.1) is 5.41 Å². The van der Waals surface area contributed by atoms with Crippen LogP contribution in [0.25, 0.3) is 6.08 Å². The van der Waals surface area contributed by atoms with Gasteiger partial charge in [-0.2, -0.15) is 0 Å². The molecule has 114 valence electrons. The molecule has 0 fully saturated rings. The van der Waals surface area contributed by atoms with Crippen LogP contribution in [0.1, 0.15) is 44.7 Å². The van der Waals surface area contributed by atoms with Gasteiger partial charge in [0, 0.05) is 12.0 Å². The number of hydrogen-bond donors (Lipinski definition) is 1. The number of hydrogen-bond acceptors (Lipinski definition) is 3. The normalized spacial score (nSPS) is 15.7. The molecule has 3 nitrogen and oxygen atoms in total. The Morgan fingerprint density at radius 2 is 2.05 bits per heavy atom. The van der Waals surface area contributed by atoms with E-state index in [9.17, 15) is 9.90 Å². The number of rotatable bonds is 5. The Kier molecular flexibility index (Phi) is 4.84. The number of benzene rings is 1. The largest absolute Gasteiger partial charge is 0.490 e. The summed E-state index contributed by atoms with van der Waals surface area (Å²) in [6.07, 6.45) is 5.04. The Balaban J connectivity index is 1.95. The predicted octanol–water partition coefficient (Wildman–Crippen LogP) is 3.39. The van der Waals surface area contributed by atoms with Crippen LogP contribution in [0.4, 0.5) is 0 Å². The molecule has 0 amide bonds. The highest BCUT2D eigenvalue weighted by Gasteiger charge is 2.17. The Bertz CT molecular complexity index is 538. The molecule has 1 aliphatic carbocycles. The van der Waals surface area contributed by atoms with E-state index in [2.05, 4.69) is 20.8 Å². The fourth-order valence-electron chi connectivity index (χ4n) is 2.35. The van der Waals surface area contributed by atoms with E-state index < -0.39 is 6.10 Å². The lowest BCUT2D eigenvalue weighted by atomic mass is 9.89. The number of carbonyl (C=O) groups is 1. The van der Waals surface area contributed by atoms with Gasteiger partial charge in [-0.15, -0.1) is 0 Å². The first-order chi connectivity index (χ1) is 9.85. The first-order valence-corrected chi connectivity index (χ1v) is 7.49. The molecule has 1 aromatic rings. The Morgan fingerprint density at radius 3 is 2.76 bits per heavy atom. The van der Waals surface area contributed by atoms with E-state index >= 15 is 0 Å². The number of ether oxygens (including phenoxy) is 1. The first-order valence-electron chi connectivity index (χ1n) is 7.49. The van der Waals surface area contributed by atoms with E-state index in [-0.39, 0.29) is 17.8 Å². The maximum Gasteiger partial charge on any atom is 0.160 e. The van der Waals surface area contributed by atoms with Gasteiger partial charge >= 0.3 is 0 Å². The summed E-state index contributed by atoms with van der Waals surface area (Å²) in [5.74, 6) is 0.857. The summed E-state index contributed by atoms with van der Waals surface area (Å²) < 4.78 is 5.75. The standard InChI is InChI=1S/C18H24O3/c1-18(2,3)10-9-15(20)12-21-17-6-4-5-13-11-14(19)7-8-16(13)17/h4-8,15,20H,9-12H2,1-3H3. The maximum atomic E-state index is 11.4. The minimum Gasteiger partial charge on any atom is -0.490 e. The van der Waals surface area contributed by atoms with Gasteiger partial charge in [0.15, 0.2) is 5.78 Å². The van der Waals surface area contributed by atoms with Gasteiger partial charge in [-0.05, 0) is 42.0 Å². The van der Waals surface area contributed by atoms with Crippen molar-refractivity contribution in [2.75, 3.05) is 6.61 Å². The number of ketones is 1. The van der Waals surface area contributed by atoms with Gasteiger partial charge < -0.3 is 9.84 Å². The van der Waals surface area contributed by atoms with Crippen molar-refractivity contribution >= 4 is 11.9 Å². The van der Waals surface area contributed by atoms with Gasteiger partial charge in [-0.1, -0.05) is 32.9 Å². The molecule has 1 N–H and O–H groups in total. The number of aliphatic hydroxyl groups is 1. The summed E-state index contributed by atoms with van der Waals surface area (Å²) in [5, 5.41) is 10.0. The third kappa shape index (κ3) is 4.71. The highest BCUT2D eigenvalue weighted by molar-refractivity contribution is 5.99. The molecular formula is C18H24O3. The minimum atomic E-state index is -0.464. The SMILES string of the molecule is CC(C)(C)CCC(O)COc1cccc2c1C=CC(=O)C2. The van der Waals surface area contributed by atoms with Crippen LogP contribution in [0.15, 0.2) is 24.3 Å². The van der Waals surface area contributed by atoms with Crippen molar-refractivity contribution < 1.29 is 14.6 Å². The second-order valence-electron chi connectivity index (χ2n) is 6.87. The fraction of sp³-hybridized carbons (Fsp3) is 0.500. The molecule has 1 atom stereocenters. The molecule has 0 aromatic heterocycles. The van der Waals surface area contributed by atoms with E-state index in [1.807, 2.05) is 18.2 Å². The van der Waals surface area contributed by atoms with E-state index in [0.29, 0.717) is 6.42 Å². The fourth-order valence-corrected chi connectivity index (χ4v) is 2.35. The highest BCUT2D eigenvalue weighted by Crippen LogP contribution is 2.28. The summed E-state index contributed by atoms with van der Waals surface area (Å²) >= 11 is 0. The topological polar surface area (TPSA) is 46.5 Å². The lowest BCUT2D eigenvalue weighted by Crippen LogP contribution is -2.20. The summed E-state index contributed by atoms with van der Waals surface area (Å²) in [7, 11) is 0. The minimum absolute atomic E-state index is 0.116. The van der Waals surface area contributed by atoms with Crippen LogP contribution in [0.2, 0.25) is 0 Å². The monoisotopic (exact) mass is 288 g/mol. The zero-order chi connectivity index (χ0) is 15.5. The predicted molar refractivity (Wildman–Crippen MR) is 84.4 cm³/mol. The average molecular weight is 288 g/mol. The maximum absolute atomic E-state index is 11.4. The molecule has 2 rings (SSSR count). The van der Waals surface area contributed by atoms with Crippen LogP contribution >= 0.6 is 0 Å². The smallest absolute Gasteiger partial charge is 0.160 e. The first kappa shape index (κ1) is 15.8. The molecule has 0 radical (unpaired) electrons. The van der Waals surface area contributed by atoms with Crippen molar-refractivity contribution in [2.45, 2.75) is 46.1 Å². The van der Waals surface area contributed by atoms with Crippen LogP contribution in [-0.2, 0) is 11.2 Å². The molecular weight excluding hydrogens is 264 g/mol. The quantitative estimate of drug-likeness (QED) is 0.903. The summed E-state index contributed by atoms with van der Waals surface area (Å²) in [6.45, 7) is 6.77. The zero-order valence-electron chi connectivity index (χ0n) is 13.1. The third-order valence-electron chi connectivity index (χ3n) is 3.62. The molecule has 0 saturated carbocycles. The van der Waals surface area contributed by atoms with Gasteiger partial charge in [0.2, 0.25) is 0 Å². The molecule has 1 aromatic carbocycles. The van der Waals surface area contributed by atoms with Crippen molar-refractivity contribution in [1.29, 1.82) is 0 Å². The van der Waals surface area contributed by atoms with Crippen LogP contribution < -0.4 is 4.74 Å².